The monoisotopic (exact) mass is 588 g/mol. The minimum Gasteiger partial charge on any atom is -0.508 e. The minimum absolute atomic E-state index is 0.00652. The van der Waals surface area contributed by atoms with Gasteiger partial charge in [0.2, 0.25) is 0 Å². The number of allylic oxidation sites excluding steroid dienone is 6. The predicted molar refractivity (Wildman–Crippen MR) is 172 cm³/mol. The maximum Gasteiger partial charge on any atom is 0.182 e. The molecule has 4 atom stereocenters. The van der Waals surface area contributed by atoms with Crippen molar-refractivity contribution in [2.45, 2.75) is 58.7 Å². The molecule has 0 fully saturated rings. The van der Waals surface area contributed by atoms with Gasteiger partial charge < -0.3 is 29.5 Å². The van der Waals surface area contributed by atoms with Crippen molar-refractivity contribution < 1.29 is 34.3 Å². The number of hydrogen-bond acceptors (Lipinski definition) is 7. The minimum atomic E-state index is -0.902. The third-order valence-corrected chi connectivity index (χ3v) is 7.63. The first-order valence-corrected chi connectivity index (χ1v) is 14.5. The molecule has 0 radical (unpaired) electrons. The number of aliphatic hydroxyl groups is 2. The maximum absolute atomic E-state index is 12.3. The molecule has 43 heavy (non-hydrogen) atoms. The van der Waals surface area contributed by atoms with E-state index in [1.54, 1.807) is 49.6 Å². The van der Waals surface area contributed by atoms with Crippen LogP contribution in [0.1, 0.15) is 58.1 Å². The molecule has 3 rings (SSSR count). The van der Waals surface area contributed by atoms with Gasteiger partial charge in [0.05, 0.1) is 20.3 Å². The van der Waals surface area contributed by atoms with Crippen LogP contribution in [0.2, 0.25) is 0 Å². The average molecular weight is 589 g/mol. The molecule has 2 aromatic rings. The Bertz CT molecular complexity index is 1410. The Balaban J connectivity index is 1.65. The van der Waals surface area contributed by atoms with Gasteiger partial charge in [0.25, 0.3) is 0 Å². The largest absolute Gasteiger partial charge is 0.508 e. The number of phenols is 1. The second-order valence-electron chi connectivity index (χ2n) is 11.4. The van der Waals surface area contributed by atoms with Crippen molar-refractivity contribution in [1.82, 2.24) is 0 Å². The van der Waals surface area contributed by atoms with Crippen LogP contribution in [0.25, 0.3) is 12.2 Å². The highest BCUT2D eigenvalue weighted by Crippen LogP contribution is 2.38. The molecular formula is C36H44O7. The molecular weight excluding hydrogens is 544 g/mol. The molecule has 0 saturated carbocycles. The summed E-state index contributed by atoms with van der Waals surface area (Å²) < 4.78 is 16.9. The summed E-state index contributed by atoms with van der Waals surface area (Å²) >= 11 is 0. The van der Waals surface area contributed by atoms with Crippen LogP contribution < -0.4 is 14.2 Å². The Morgan fingerprint density at radius 2 is 1.67 bits per heavy atom. The molecule has 7 nitrogen and oxygen atoms in total. The standard InChI is InChI=1S/C36H44O7/c1-24(2)8-7-9-25(3)28-18-19-36(4,35(40)22-28)43-32-17-13-27(21-34(32)42-6)11-15-30(38)23-29(37)14-10-26-12-16-31(39)33(20-26)41-5/h8,10-21,23,25,28,35,38-40H,7,9,22H2,1-6H3/b14-10+,15-11+,30-23-/t25-,28+,35-,36+/m0/s1. The first-order chi connectivity index (χ1) is 20.4. The van der Waals surface area contributed by atoms with Gasteiger partial charge in [-0.25, -0.2) is 0 Å². The average Bonchev–Trinajstić information content (AvgIpc) is 2.97. The lowest BCUT2D eigenvalue weighted by Crippen LogP contribution is -2.47. The van der Waals surface area contributed by atoms with Gasteiger partial charge in [0.15, 0.2) is 34.4 Å². The third kappa shape index (κ3) is 9.65. The number of rotatable bonds is 13. The Morgan fingerprint density at radius 3 is 2.33 bits per heavy atom. The summed E-state index contributed by atoms with van der Waals surface area (Å²) in [6.45, 7) is 8.32. The van der Waals surface area contributed by atoms with Crippen LogP contribution in [0.3, 0.4) is 0 Å². The van der Waals surface area contributed by atoms with Crippen LogP contribution >= 0.6 is 0 Å². The van der Waals surface area contributed by atoms with Crippen molar-refractivity contribution in [2.75, 3.05) is 14.2 Å². The Hall–Kier alpha value is -4.23. The van der Waals surface area contributed by atoms with E-state index >= 15 is 0 Å². The second kappa shape index (κ2) is 15.3. The van der Waals surface area contributed by atoms with Crippen molar-refractivity contribution in [3.05, 3.63) is 95.3 Å². The fourth-order valence-electron chi connectivity index (χ4n) is 4.88. The van der Waals surface area contributed by atoms with Gasteiger partial charge in [-0.1, -0.05) is 48.9 Å². The number of aromatic hydroxyl groups is 1. The van der Waals surface area contributed by atoms with Crippen LogP contribution in [0.15, 0.2) is 84.2 Å². The van der Waals surface area contributed by atoms with E-state index in [4.69, 9.17) is 14.2 Å². The Labute approximate surface area is 255 Å². The predicted octanol–water partition coefficient (Wildman–Crippen LogP) is 7.60. The normalized spacial score (nSPS) is 21.1. The van der Waals surface area contributed by atoms with Crippen molar-refractivity contribution in [1.29, 1.82) is 0 Å². The van der Waals surface area contributed by atoms with Crippen LogP contribution in [0, 0.1) is 11.8 Å². The molecule has 0 heterocycles. The molecule has 7 heteroatoms. The fraction of sp³-hybridized carbons (Fsp3) is 0.361. The summed E-state index contributed by atoms with van der Waals surface area (Å²) in [7, 11) is 2.99. The van der Waals surface area contributed by atoms with Crippen LogP contribution in [0.4, 0.5) is 0 Å². The quantitative estimate of drug-likeness (QED) is 0.0957. The lowest BCUT2D eigenvalue weighted by molar-refractivity contribution is -0.110. The molecule has 0 bridgehead atoms. The Morgan fingerprint density at radius 1 is 1.02 bits per heavy atom. The number of hydrogen-bond donors (Lipinski definition) is 3. The first-order valence-electron chi connectivity index (χ1n) is 14.5. The summed E-state index contributed by atoms with van der Waals surface area (Å²) in [6, 6.07) is 10.0. The zero-order valence-electron chi connectivity index (χ0n) is 25.9. The molecule has 0 spiro atoms. The van der Waals surface area contributed by atoms with E-state index < -0.39 is 17.5 Å². The molecule has 0 unspecified atom stereocenters. The highest BCUT2D eigenvalue weighted by Gasteiger charge is 2.39. The van der Waals surface area contributed by atoms with Crippen molar-refractivity contribution >= 4 is 17.9 Å². The second-order valence-corrected chi connectivity index (χ2v) is 11.4. The zero-order chi connectivity index (χ0) is 31.6. The van der Waals surface area contributed by atoms with Gasteiger partial charge >= 0.3 is 0 Å². The summed E-state index contributed by atoms with van der Waals surface area (Å²) in [4.78, 5) is 12.3. The number of carbonyl (C=O) groups is 1. The molecule has 3 N–H and O–H groups in total. The number of methoxy groups -OCH3 is 2. The van der Waals surface area contributed by atoms with E-state index in [0.717, 1.165) is 24.5 Å². The third-order valence-electron chi connectivity index (χ3n) is 7.63. The van der Waals surface area contributed by atoms with Crippen LogP contribution in [-0.4, -0.2) is 47.0 Å². The molecule has 0 saturated heterocycles. The van der Waals surface area contributed by atoms with Gasteiger partial charge in [0.1, 0.15) is 5.76 Å². The molecule has 0 aliphatic heterocycles. The highest BCUT2D eigenvalue weighted by atomic mass is 16.5. The van der Waals surface area contributed by atoms with Crippen molar-refractivity contribution in [3.8, 4) is 23.0 Å². The van der Waals surface area contributed by atoms with Crippen molar-refractivity contribution in [2.24, 2.45) is 11.8 Å². The maximum atomic E-state index is 12.3. The van der Waals surface area contributed by atoms with E-state index in [1.165, 1.54) is 30.9 Å². The molecule has 0 aromatic heterocycles. The number of benzene rings is 2. The number of ether oxygens (including phenoxy) is 3. The van der Waals surface area contributed by atoms with Crippen molar-refractivity contribution in [3.63, 3.8) is 0 Å². The van der Waals surface area contributed by atoms with Gasteiger partial charge in [-0.3, -0.25) is 4.79 Å². The van der Waals surface area contributed by atoms with Gasteiger partial charge in [-0.2, -0.15) is 0 Å². The lowest BCUT2D eigenvalue weighted by Gasteiger charge is -2.39. The fourth-order valence-corrected chi connectivity index (χ4v) is 4.88. The first kappa shape index (κ1) is 33.3. The number of carbonyl (C=O) groups excluding carboxylic acids is 1. The summed E-state index contributed by atoms with van der Waals surface area (Å²) in [5.41, 5.74) is 1.80. The molecule has 1 aliphatic rings. The molecule has 0 amide bonds. The summed E-state index contributed by atoms with van der Waals surface area (Å²) in [5, 5.41) is 31.0. The van der Waals surface area contributed by atoms with Gasteiger partial charge in [-0.05, 0) is 105 Å². The SMILES string of the molecule is COc1cc(/C=C/C(=O)/C=C(O)/C=C/c2ccc(O[C@]3(C)C=C[C@@H]([C@@H](C)CCC=C(C)C)C[C@@H]3O)c(OC)c2)ccc1O. The lowest BCUT2D eigenvalue weighted by atomic mass is 9.77. The molecule has 2 aromatic carbocycles. The highest BCUT2D eigenvalue weighted by molar-refractivity contribution is 6.02. The van der Waals surface area contributed by atoms with E-state index in [2.05, 4.69) is 32.9 Å². The summed E-state index contributed by atoms with van der Waals surface area (Å²) in [5.74, 6) is 1.38. The summed E-state index contributed by atoms with van der Waals surface area (Å²) in [6.07, 6.45) is 15.5. The van der Waals surface area contributed by atoms with Crippen LogP contribution in [0.5, 0.6) is 23.0 Å². The number of ketones is 1. The Kier molecular flexibility index (Phi) is 11.8. The zero-order valence-corrected chi connectivity index (χ0v) is 25.9. The van der Waals surface area contributed by atoms with E-state index in [9.17, 15) is 20.1 Å². The van der Waals surface area contributed by atoms with Gasteiger partial charge in [-0.15, -0.1) is 0 Å². The molecule has 1 aliphatic carbocycles. The topological polar surface area (TPSA) is 105 Å². The van der Waals surface area contributed by atoms with Gasteiger partial charge in [0, 0.05) is 6.08 Å². The van der Waals surface area contributed by atoms with E-state index in [-0.39, 0.29) is 17.4 Å². The molecule has 230 valence electrons. The smallest absolute Gasteiger partial charge is 0.182 e. The number of aliphatic hydroxyl groups excluding tert-OH is 2. The number of phenolic OH excluding ortho intramolecular Hbond substituents is 1. The van der Waals surface area contributed by atoms with Crippen LogP contribution in [-0.2, 0) is 4.79 Å². The van der Waals surface area contributed by atoms with E-state index in [1.807, 2.05) is 13.0 Å². The van der Waals surface area contributed by atoms with E-state index in [0.29, 0.717) is 35.2 Å².